The molecule has 0 atom stereocenters. The van der Waals surface area contributed by atoms with E-state index in [1.165, 1.54) is 0 Å². The van der Waals surface area contributed by atoms with E-state index in [4.69, 9.17) is 4.52 Å². The Kier molecular flexibility index (Phi) is 6.34. The van der Waals surface area contributed by atoms with Crippen molar-refractivity contribution >= 4 is 5.96 Å². The Labute approximate surface area is 142 Å². The summed E-state index contributed by atoms with van der Waals surface area (Å²) in [5.74, 6) is 3.67. The number of nitrogens with zero attached hydrogens (tertiary/aromatic N) is 5. The molecule has 0 aliphatic carbocycles. The van der Waals surface area contributed by atoms with Crippen LogP contribution in [-0.4, -0.2) is 32.9 Å². The Morgan fingerprint density at radius 1 is 1.25 bits per heavy atom. The van der Waals surface area contributed by atoms with Crippen molar-refractivity contribution in [1.82, 2.24) is 30.6 Å². The minimum absolute atomic E-state index is 0.457. The molecule has 0 aromatic carbocycles. The highest BCUT2D eigenvalue weighted by Gasteiger charge is 2.13. The first-order valence-electron chi connectivity index (χ1n) is 8.33. The summed E-state index contributed by atoms with van der Waals surface area (Å²) in [5.41, 5.74) is 1.02. The Hall–Kier alpha value is -2.38. The molecule has 0 bridgehead atoms. The van der Waals surface area contributed by atoms with Crippen LogP contribution in [0.1, 0.15) is 55.7 Å². The zero-order valence-electron chi connectivity index (χ0n) is 15.1. The Morgan fingerprint density at radius 3 is 2.54 bits per heavy atom. The van der Waals surface area contributed by atoms with Gasteiger partial charge in [0.15, 0.2) is 17.5 Å². The maximum absolute atomic E-state index is 5.41. The van der Waals surface area contributed by atoms with Crippen molar-refractivity contribution in [3.8, 4) is 0 Å². The molecule has 2 rings (SSSR count). The number of rotatable bonds is 7. The van der Waals surface area contributed by atoms with E-state index in [-0.39, 0.29) is 0 Å². The standard InChI is InChI=1S/C16H27N7O/c1-6-12(7-2)14-8-13(24-22-14)9-18-16(17-4)19-10-15-21-20-11(3)23(15)5/h8,12H,6-7,9-10H2,1-5H3,(H2,17,18,19). The highest BCUT2D eigenvalue weighted by Crippen LogP contribution is 2.22. The van der Waals surface area contributed by atoms with Gasteiger partial charge < -0.3 is 19.7 Å². The number of aryl methyl sites for hydroxylation is 1. The molecule has 0 spiro atoms. The highest BCUT2D eigenvalue weighted by molar-refractivity contribution is 5.79. The number of aromatic nitrogens is 4. The lowest BCUT2D eigenvalue weighted by Gasteiger charge is -2.10. The molecule has 0 amide bonds. The average Bonchev–Trinajstić information content (AvgIpc) is 3.18. The first-order chi connectivity index (χ1) is 11.6. The second kappa shape index (κ2) is 8.47. The fraction of sp³-hybridized carbons (Fsp3) is 0.625. The predicted octanol–water partition coefficient (Wildman–Crippen LogP) is 1.88. The molecule has 2 N–H and O–H groups in total. The van der Waals surface area contributed by atoms with Crippen LogP contribution in [0.15, 0.2) is 15.6 Å². The lowest BCUT2D eigenvalue weighted by molar-refractivity contribution is 0.368. The van der Waals surface area contributed by atoms with Crippen LogP contribution in [0.3, 0.4) is 0 Å². The molecule has 2 aromatic heterocycles. The second-order valence-corrected chi connectivity index (χ2v) is 5.73. The minimum atomic E-state index is 0.457. The van der Waals surface area contributed by atoms with Gasteiger partial charge >= 0.3 is 0 Å². The van der Waals surface area contributed by atoms with E-state index in [1.807, 2.05) is 24.6 Å². The molecule has 8 heteroatoms. The molecule has 0 saturated heterocycles. The van der Waals surface area contributed by atoms with Gasteiger partial charge in [-0.3, -0.25) is 4.99 Å². The Balaban J connectivity index is 1.86. The molecule has 24 heavy (non-hydrogen) atoms. The van der Waals surface area contributed by atoms with E-state index in [0.29, 0.717) is 25.0 Å². The summed E-state index contributed by atoms with van der Waals surface area (Å²) in [7, 11) is 3.67. The van der Waals surface area contributed by atoms with Gasteiger partial charge in [0.1, 0.15) is 5.82 Å². The fourth-order valence-corrected chi connectivity index (χ4v) is 2.47. The molecule has 0 fully saturated rings. The number of aliphatic imine (C=N–C) groups is 1. The number of nitrogens with one attached hydrogen (secondary N) is 2. The minimum Gasteiger partial charge on any atom is -0.359 e. The lowest BCUT2D eigenvalue weighted by Crippen LogP contribution is -2.36. The van der Waals surface area contributed by atoms with E-state index in [1.54, 1.807) is 7.05 Å². The van der Waals surface area contributed by atoms with Crippen LogP contribution in [0.4, 0.5) is 0 Å². The molecule has 0 radical (unpaired) electrons. The number of hydrogen-bond donors (Lipinski definition) is 2. The van der Waals surface area contributed by atoms with Crippen LogP contribution in [0, 0.1) is 6.92 Å². The number of hydrogen-bond acceptors (Lipinski definition) is 5. The maximum atomic E-state index is 5.41. The van der Waals surface area contributed by atoms with E-state index in [9.17, 15) is 0 Å². The molecule has 0 aliphatic rings. The van der Waals surface area contributed by atoms with Gasteiger partial charge in [0.2, 0.25) is 0 Å². The lowest BCUT2D eigenvalue weighted by atomic mass is 9.99. The highest BCUT2D eigenvalue weighted by atomic mass is 16.5. The molecular formula is C16H27N7O. The fourth-order valence-electron chi connectivity index (χ4n) is 2.47. The summed E-state index contributed by atoms with van der Waals surface area (Å²) in [6.07, 6.45) is 2.13. The first-order valence-corrected chi connectivity index (χ1v) is 8.33. The summed E-state index contributed by atoms with van der Waals surface area (Å²) in [5, 5.41) is 18.8. The third-order valence-corrected chi connectivity index (χ3v) is 4.23. The van der Waals surface area contributed by atoms with E-state index < -0.39 is 0 Å². The second-order valence-electron chi connectivity index (χ2n) is 5.73. The predicted molar refractivity (Wildman–Crippen MR) is 92.6 cm³/mol. The van der Waals surface area contributed by atoms with Crippen LogP contribution < -0.4 is 10.6 Å². The van der Waals surface area contributed by atoms with Gasteiger partial charge in [0.05, 0.1) is 18.8 Å². The summed E-state index contributed by atoms with van der Waals surface area (Å²) < 4.78 is 7.35. The van der Waals surface area contributed by atoms with E-state index in [2.05, 4.69) is 44.8 Å². The van der Waals surface area contributed by atoms with Crippen molar-refractivity contribution in [3.63, 3.8) is 0 Å². The Morgan fingerprint density at radius 2 is 1.96 bits per heavy atom. The summed E-state index contributed by atoms with van der Waals surface area (Å²) in [4.78, 5) is 4.20. The summed E-state index contributed by atoms with van der Waals surface area (Å²) >= 11 is 0. The van der Waals surface area contributed by atoms with Crippen molar-refractivity contribution in [2.24, 2.45) is 12.0 Å². The molecule has 0 aliphatic heterocycles. The van der Waals surface area contributed by atoms with Crippen molar-refractivity contribution in [2.45, 2.75) is 52.6 Å². The molecule has 0 saturated carbocycles. The Bertz CT molecular complexity index is 670. The van der Waals surface area contributed by atoms with Gasteiger partial charge in [-0.15, -0.1) is 10.2 Å². The van der Waals surface area contributed by atoms with Crippen LogP contribution in [0.2, 0.25) is 0 Å². The summed E-state index contributed by atoms with van der Waals surface area (Å²) in [6.45, 7) is 7.34. The van der Waals surface area contributed by atoms with Gasteiger partial charge in [-0.25, -0.2) is 0 Å². The van der Waals surface area contributed by atoms with E-state index >= 15 is 0 Å². The number of guanidine groups is 1. The zero-order valence-corrected chi connectivity index (χ0v) is 15.1. The third-order valence-electron chi connectivity index (χ3n) is 4.23. The van der Waals surface area contributed by atoms with Crippen LogP contribution in [-0.2, 0) is 20.1 Å². The van der Waals surface area contributed by atoms with Gasteiger partial charge in [-0.1, -0.05) is 19.0 Å². The first kappa shape index (κ1) is 18.0. The third kappa shape index (κ3) is 4.33. The molecular weight excluding hydrogens is 306 g/mol. The van der Waals surface area contributed by atoms with Gasteiger partial charge in [0, 0.05) is 26.1 Å². The van der Waals surface area contributed by atoms with Gasteiger partial charge in [-0.2, -0.15) is 0 Å². The van der Waals surface area contributed by atoms with Gasteiger partial charge in [0.25, 0.3) is 0 Å². The van der Waals surface area contributed by atoms with Crippen LogP contribution in [0.25, 0.3) is 0 Å². The maximum Gasteiger partial charge on any atom is 0.191 e. The molecule has 0 unspecified atom stereocenters. The van der Waals surface area contributed by atoms with Gasteiger partial charge in [-0.05, 0) is 19.8 Å². The average molecular weight is 333 g/mol. The summed E-state index contributed by atoms with van der Waals surface area (Å²) in [6, 6.07) is 2.02. The monoisotopic (exact) mass is 333 g/mol. The SMILES string of the molecule is CCC(CC)c1cc(CNC(=NC)NCc2nnc(C)n2C)on1. The van der Waals surface area contributed by atoms with E-state index in [0.717, 1.165) is 35.9 Å². The quantitative estimate of drug-likeness (QED) is 0.593. The van der Waals surface area contributed by atoms with Crippen LogP contribution >= 0.6 is 0 Å². The largest absolute Gasteiger partial charge is 0.359 e. The smallest absolute Gasteiger partial charge is 0.191 e. The van der Waals surface area contributed by atoms with Crippen molar-refractivity contribution in [2.75, 3.05) is 7.05 Å². The van der Waals surface area contributed by atoms with Crippen molar-refractivity contribution in [3.05, 3.63) is 29.2 Å². The van der Waals surface area contributed by atoms with Crippen molar-refractivity contribution in [1.29, 1.82) is 0 Å². The molecule has 132 valence electrons. The van der Waals surface area contributed by atoms with Crippen molar-refractivity contribution < 1.29 is 4.52 Å². The molecule has 2 heterocycles. The zero-order chi connectivity index (χ0) is 17.5. The normalized spacial score (nSPS) is 12.0. The van der Waals surface area contributed by atoms with Crippen LogP contribution in [0.5, 0.6) is 0 Å². The molecule has 8 nitrogen and oxygen atoms in total. The topological polar surface area (TPSA) is 93.2 Å². The molecule has 2 aromatic rings.